The van der Waals surface area contributed by atoms with E-state index in [1.807, 2.05) is 36.6 Å². The summed E-state index contributed by atoms with van der Waals surface area (Å²) in [5, 5.41) is 5.75. The maximum absolute atomic E-state index is 12.2. The second-order valence-electron chi connectivity index (χ2n) is 5.04. The molecule has 0 aliphatic rings. The van der Waals surface area contributed by atoms with E-state index < -0.39 is 5.54 Å². The average Bonchev–Trinajstić information content (AvgIpc) is 2.93. The number of nitrogens with two attached hydrogens (primary N) is 1. The molecule has 5 heteroatoms. The normalized spacial score (nSPS) is 13.8. The third-order valence-corrected chi connectivity index (χ3v) is 3.91. The summed E-state index contributed by atoms with van der Waals surface area (Å²) >= 11 is 1.57. The Balaban J connectivity index is 2.14. The van der Waals surface area contributed by atoms with Crippen LogP contribution in [-0.2, 0) is 4.79 Å². The number of carbonyl (C=O) groups is 1. The molecule has 106 valence electrons. The highest BCUT2D eigenvalue weighted by molar-refractivity contribution is 7.13. The topological polar surface area (TPSA) is 68.0 Å². The van der Waals surface area contributed by atoms with Gasteiger partial charge in [-0.15, -0.1) is 11.3 Å². The van der Waals surface area contributed by atoms with E-state index in [4.69, 9.17) is 5.73 Å². The van der Waals surface area contributed by atoms with E-state index in [0.717, 1.165) is 22.7 Å². The van der Waals surface area contributed by atoms with Gasteiger partial charge in [-0.05, 0) is 25.5 Å². The Bertz CT molecular complexity index is 579. The molecule has 20 heavy (non-hydrogen) atoms. The van der Waals surface area contributed by atoms with Crippen molar-refractivity contribution in [3.05, 3.63) is 35.8 Å². The molecule has 2 aromatic rings. The summed E-state index contributed by atoms with van der Waals surface area (Å²) in [5.41, 5.74) is 6.93. The number of benzene rings is 1. The maximum atomic E-state index is 12.2. The smallest absolute Gasteiger partial charge is 0.244 e. The number of hydrogen-bond acceptors (Lipinski definition) is 4. The molecule has 2 rings (SSSR count). The standard InChI is InChI=1S/C15H19N3OS/c1-3-7-15(2,16)14(19)18-12-6-4-5-11(10-12)13-17-8-9-20-13/h4-6,8-10H,3,7,16H2,1-2H3,(H,18,19). The molecule has 4 nitrogen and oxygen atoms in total. The minimum absolute atomic E-state index is 0.157. The van der Waals surface area contributed by atoms with E-state index in [1.54, 1.807) is 24.5 Å². The fourth-order valence-electron chi connectivity index (χ4n) is 2.00. The fraction of sp³-hybridized carbons (Fsp3) is 0.333. The van der Waals surface area contributed by atoms with Gasteiger partial charge in [0, 0.05) is 22.8 Å². The van der Waals surface area contributed by atoms with Crippen LogP contribution in [-0.4, -0.2) is 16.4 Å². The Morgan fingerprint density at radius 3 is 2.95 bits per heavy atom. The Morgan fingerprint density at radius 2 is 2.30 bits per heavy atom. The van der Waals surface area contributed by atoms with Gasteiger partial charge in [-0.3, -0.25) is 4.79 Å². The van der Waals surface area contributed by atoms with Crippen LogP contribution in [0.3, 0.4) is 0 Å². The highest BCUT2D eigenvalue weighted by Crippen LogP contribution is 2.24. The van der Waals surface area contributed by atoms with Crippen molar-refractivity contribution in [2.24, 2.45) is 5.73 Å². The molecule has 0 saturated heterocycles. The zero-order chi connectivity index (χ0) is 14.6. The molecule has 1 aromatic carbocycles. The highest BCUT2D eigenvalue weighted by atomic mass is 32.1. The third kappa shape index (κ3) is 3.43. The van der Waals surface area contributed by atoms with Gasteiger partial charge >= 0.3 is 0 Å². The van der Waals surface area contributed by atoms with Gasteiger partial charge in [-0.25, -0.2) is 4.98 Å². The van der Waals surface area contributed by atoms with Gasteiger partial charge in [0.15, 0.2) is 0 Å². The van der Waals surface area contributed by atoms with Gasteiger partial charge in [0.25, 0.3) is 0 Å². The Labute approximate surface area is 123 Å². The maximum Gasteiger partial charge on any atom is 0.244 e. The van der Waals surface area contributed by atoms with E-state index in [0.29, 0.717) is 6.42 Å². The van der Waals surface area contributed by atoms with Crippen molar-refractivity contribution in [3.63, 3.8) is 0 Å². The molecule has 0 aliphatic carbocycles. The number of thiazole rings is 1. The number of nitrogens with zero attached hydrogens (tertiary/aromatic N) is 1. The molecular formula is C15H19N3OS. The lowest BCUT2D eigenvalue weighted by atomic mass is 9.96. The first-order valence-corrected chi connectivity index (χ1v) is 7.51. The van der Waals surface area contributed by atoms with Crippen LogP contribution in [0.5, 0.6) is 0 Å². The summed E-state index contributed by atoms with van der Waals surface area (Å²) in [4.78, 5) is 16.4. The number of anilines is 1. The average molecular weight is 289 g/mol. The molecule has 0 aliphatic heterocycles. The van der Waals surface area contributed by atoms with Gasteiger partial charge in [-0.2, -0.15) is 0 Å². The number of rotatable bonds is 5. The minimum atomic E-state index is -0.841. The highest BCUT2D eigenvalue weighted by Gasteiger charge is 2.27. The molecule has 1 atom stereocenters. The summed E-state index contributed by atoms with van der Waals surface area (Å²) in [6, 6.07) is 7.65. The zero-order valence-corrected chi connectivity index (χ0v) is 12.5. The van der Waals surface area contributed by atoms with E-state index >= 15 is 0 Å². The Hall–Kier alpha value is -1.72. The summed E-state index contributed by atoms with van der Waals surface area (Å²) in [6.07, 6.45) is 3.30. The first kappa shape index (κ1) is 14.7. The first-order valence-electron chi connectivity index (χ1n) is 6.63. The number of aromatic nitrogens is 1. The van der Waals surface area contributed by atoms with Crippen molar-refractivity contribution in [2.75, 3.05) is 5.32 Å². The van der Waals surface area contributed by atoms with Gasteiger partial charge in [0.1, 0.15) is 5.01 Å². The predicted molar refractivity (Wildman–Crippen MR) is 83.7 cm³/mol. The SMILES string of the molecule is CCCC(C)(N)C(=O)Nc1cccc(-c2nccs2)c1. The van der Waals surface area contributed by atoms with Crippen molar-refractivity contribution in [2.45, 2.75) is 32.2 Å². The van der Waals surface area contributed by atoms with Crippen LogP contribution in [0.4, 0.5) is 5.69 Å². The van der Waals surface area contributed by atoms with Crippen molar-refractivity contribution in [1.29, 1.82) is 0 Å². The molecule has 0 saturated carbocycles. The van der Waals surface area contributed by atoms with E-state index in [-0.39, 0.29) is 5.91 Å². The third-order valence-electron chi connectivity index (χ3n) is 3.09. The lowest BCUT2D eigenvalue weighted by Crippen LogP contribution is -2.48. The molecule has 0 bridgehead atoms. The Kier molecular flexibility index (Phi) is 4.52. The van der Waals surface area contributed by atoms with Gasteiger partial charge in [0.2, 0.25) is 5.91 Å². The molecule has 1 heterocycles. The van der Waals surface area contributed by atoms with E-state index in [1.165, 1.54) is 0 Å². The summed E-state index contributed by atoms with van der Waals surface area (Å²) < 4.78 is 0. The van der Waals surface area contributed by atoms with Crippen molar-refractivity contribution >= 4 is 22.9 Å². The summed E-state index contributed by atoms with van der Waals surface area (Å²) in [7, 11) is 0. The quantitative estimate of drug-likeness (QED) is 0.887. The van der Waals surface area contributed by atoms with Crippen LogP contribution in [0.15, 0.2) is 35.8 Å². The summed E-state index contributed by atoms with van der Waals surface area (Å²) in [6.45, 7) is 3.78. The molecule has 1 amide bonds. The largest absolute Gasteiger partial charge is 0.324 e. The van der Waals surface area contributed by atoms with Crippen LogP contribution in [0.25, 0.3) is 10.6 Å². The van der Waals surface area contributed by atoms with E-state index in [2.05, 4.69) is 10.3 Å². The van der Waals surface area contributed by atoms with Crippen LogP contribution < -0.4 is 11.1 Å². The number of amides is 1. The lowest BCUT2D eigenvalue weighted by Gasteiger charge is -2.22. The molecule has 1 unspecified atom stereocenters. The van der Waals surface area contributed by atoms with Gasteiger partial charge in [-0.1, -0.05) is 25.5 Å². The van der Waals surface area contributed by atoms with Gasteiger partial charge in [0.05, 0.1) is 5.54 Å². The van der Waals surface area contributed by atoms with Crippen LogP contribution in [0, 0.1) is 0 Å². The van der Waals surface area contributed by atoms with Gasteiger partial charge < -0.3 is 11.1 Å². The fourth-order valence-corrected chi connectivity index (χ4v) is 2.64. The zero-order valence-electron chi connectivity index (χ0n) is 11.7. The monoisotopic (exact) mass is 289 g/mol. The predicted octanol–water partition coefficient (Wildman–Crippen LogP) is 3.27. The molecule has 3 N–H and O–H groups in total. The molecule has 0 fully saturated rings. The Morgan fingerprint density at radius 1 is 1.50 bits per heavy atom. The second kappa shape index (κ2) is 6.15. The molecule has 0 radical (unpaired) electrons. The lowest BCUT2D eigenvalue weighted by molar-refractivity contribution is -0.120. The number of nitrogens with one attached hydrogen (secondary N) is 1. The minimum Gasteiger partial charge on any atom is -0.324 e. The second-order valence-corrected chi connectivity index (χ2v) is 5.93. The molecule has 0 spiro atoms. The van der Waals surface area contributed by atoms with Crippen LogP contribution in [0.1, 0.15) is 26.7 Å². The van der Waals surface area contributed by atoms with Crippen molar-refractivity contribution in [3.8, 4) is 10.6 Å². The van der Waals surface area contributed by atoms with E-state index in [9.17, 15) is 4.79 Å². The van der Waals surface area contributed by atoms with Crippen molar-refractivity contribution < 1.29 is 4.79 Å². The van der Waals surface area contributed by atoms with Crippen LogP contribution >= 0.6 is 11.3 Å². The number of carbonyl (C=O) groups excluding carboxylic acids is 1. The summed E-state index contributed by atoms with van der Waals surface area (Å²) in [5.74, 6) is -0.157. The number of hydrogen-bond donors (Lipinski definition) is 2. The van der Waals surface area contributed by atoms with Crippen LogP contribution in [0.2, 0.25) is 0 Å². The molecule has 1 aromatic heterocycles. The first-order chi connectivity index (χ1) is 9.53. The molecular weight excluding hydrogens is 270 g/mol. The van der Waals surface area contributed by atoms with Crippen molar-refractivity contribution in [1.82, 2.24) is 4.98 Å².